The van der Waals surface area contributed by atoms with Gasteiger partial charge in [0, 0.05) is 30.0 Å². The van der Waals surface area contributed by atoms with Gasteiger partial charge in [0.05, 0.1) is 37.4 Å². The second-order valence-corrected chi connectivity index (χ2v) is 7.29. The standard InChI is InChI=1S/C20H22BrNO5/c1-25-19(23)15-11-22(10-13-6-5-9-27-13)12-16(20(24)26-2)18(15)14-7-3-4-8-17(14)21/h3-4,7-8,11-13,18H,5-6,9-10H2,1-2H3. The molecule has 0 saturated carbocycles. The number of ether oxygens (including phenoxy) is 3. The molecule has 1 aromatic rings. The maximum absolute atomic E-state index is 12.6. The van der Waals surface area contributed by atoms with E-state index in [1.165, 1.54) is 14.2 Å². The Balaban J connectivity index is 2.05. The molecule has 0 N–H and O–H groups in total. The van der Waals surface area contributed by atoms with E-state index >= 15 is 0 Å². The monoisotopic (exact) mass is 435 g/mol. The van der Waals surface area contributed by atoms with Crippen LogP contribution in [-0.4, -0.2) is 50.3 Å². The van der Waals surface area contributed by atoms with Gasteiger partial charge in [0.25, 0.3) is 0 Å². The second-order valence-electron chi connectivity index (χ2n) is 6.44. The molecule has 1 aromatic carbocycles. The molecule has 27 heavy (non-hydrogen) atoms. The van der Waals surface area contributed by atoms with Crippen molar-refractivity contribution in [1.82, 2.24) is 4.90 Å². The van der Waals surface area contributed by atoms with Crippen molar-refractivity contribution < 1.29 is 23.8 Å². The topological polar surface area (TPSA) is 65.1 Å². The van der Waals surface area contributed by atoms with Crippen molar-refractivity contribution >= 4 is 27.9 Å². The van der Waals surface area contributed by atoms with Crippen LogP contribution in [0.15, 0.2) is 52.3 Å². The minimum absolute atomic E-state index is 0.0651. The minimum atomic E-state index is -0.582. The normalized spacial score (nSPS) is 20.1. The highest BCUT2D eigenvalue weighted by atomic mass is 79.9. The van der Waals surface area contributed by atoms with E-state index in [9.17, 15) is 9.59 Å². The molecule has 0 spiro atoms. The average molecular weight is 436 g/mol. The fraction of sp³-hybridized carbons (Fsp3) is 0.400. The van der Waals surface area contributed by atoms with Crippen LogP contribution in [0.4, 0.5) is 0 Å². The molecule has 7 heteroatoms. The van der Waals surface area contributed by atoms with Crippen LogP contribution in [-0.2, 0) is 23.8 Å². The summed E-state index contributed by atoms with van der Waals surface area (Å²) in [5.74, 6) is -1.55. The van der Waals surface area contributed by atoms with E-state index in [0.29, 0.717) is 17.7 Å². The number of esters is 2. The molecular formula is C20H22BrNO5. The lowest BCUT2D eigenvalue weighted by atomic mass is 9.83. The maximum Gasteiger partial charge on any atom is 0.336 e. The molecule has 0 bridgehead atoms. The van der Waals surface area contributed by atoms with Gasteiger partial charge in [-0.05, 0) is 24.5 Å². The summed E-state index contributed by atoms with van der Waals surface area (Å²) in [5, 5.41) is 0. The Kier molecular flexibility index (Phi) is 6.34. The highest BCUT2D eigenvalue weighted by Gasteiger charge is 2.36. The van der Waals surface area contributed by atoms with Gasteiger partial charge in [-0.1, -0.05) is 34.1 Å². The van der Waals surface area contributed by atoms with E-state index in [0.717, 1.165) is 29.5 Å². The van der Waals surface area contributed by atoms with Crippen molar-refractivity contribution in [2.45, 2.75) is 24.9 Å². The van der Waals surface area contributed by atoms with Crippen LogP contribution < -0.4 is 0 Å². The molecule has 6 nitrogen and oxygen atoms in total. The summed E-state index contributed by atoms with van der Waals surface area (Å²) in [6, 6.07) is 7.49. The molecular weight excluding hydrogens is 414 g/mol. The van der Waals surface area contributed by atoms with Gasteiger partial charge in [-0.15, -0.1) is 0 Å². The zero-order valence-electron chi connectivity index (χ0n) is 15.3. The van der Waals surface area contributed by atoms with E-state index < -0.39 is 17.9 Å². The number of hydrogen-bond acceptors (Lipinski definition) is 6. The molecule has 0 aliphatic carbocycles. The quantitative estimate of drug-likeness (QED) is 0.661. The second kappa shape index (κ2) is 8.71. The van der Waals surface area contributed by atoms with Gasteiger partial charge >= 0.3 is 11.9 Å². The molecule has 0 radical (unpaired) electrons. The summed E-state index contributed by atoms with van der Waals surface area (Å²) in [6.45, 7) is 1.29. The van der Waals surface area contributed by atoms with E-state index in [4.69, 9.17) is 14.2 Å². The van der Waals surface area contributed by atoms with Gasteiger partial charge in [-0.25, -0.2) is 9.59 Å². The van der Waals surface area contributed by atoms with Crippen LogP contribution in [0.1, 0.15) is 24.3 Å². The van der Waals surface area contributed by atoms with E-state index in [2.05, 4.69) is 15.9 Å². The third kappa shape index (κ3) is 4.25. The number of methoxy groups -OCH3 is 2. The molecule has 1 saturated heterocycles. The Morgan fingerprint density at radius 2 is 1.78 bits per heavy atom. The van der Waals surface area contributed by atoms with Gasteiger partial charge in [0.15, 0.2) is 0 Å². The zero-order valence-corrected chi connectivity index (χ0v) is 16.9. The van der Waals surface area contributed by atoms with Gasteiger partial charge in [-0.3, -0.25) is 0 Å². The van der Waals surface area contributed by atoms with Gasteiger partial charge < -0.3 is 19.1 Å². The van der Waals surface area contributed by atoms with Gasteiger partial charge in [0.2, 0.25) is 0 Å². The number of benzene rings is 1. The molecule has 3 rings (SSSR count). The van der Waals surface area contributed by atoms with Crippen LogP contribution in [0.25, 0.3) is 0 Å². The molecule has 2 aliphatic rings. The lowest BCUT2D eigenvalue weighted by molar-refractivity contribution is -0.137. The average Bonchev–Trinajstić information content (AvgIpc) is 3.19. The number of carbonyl (C=O) groups is 2. The predicted octanol–water partition coefficient (Wildman–Crippen LogP) is 3.14. The number of halogens is 1. The predicted molar refractivity (Wildman–Crippen MR) is 103 cm³/mol. The molecule has 1 unspecified atom stereocenters. The molecule has 0 aromatic heterocycles. The Hall–Kier alpha value is -2.12. The van der Waals surface area contributed by atoms with Gasteiger partial charge in [0.1, 0.15) is 0 Å². The van der Waals surface area contributed by atoms with Gasteiger partial charge in [-0.2, -0.15) is 0 Å². The van der Waals surface area contributed by atoms with E-state index in [-0.39, 0.29) is 6.10 Å². The van der Waals surface area contributed by atoms with Crippen LogP contribution in [0.5, 0.6) is 0 Å². The first kappa shape index (κ1) is 19.6. The number of rotatable bonds is 5. The first-order valence-corrected chi connectivity index (χ1v) is 9.56. The van der Waals surface area contributed by atoms with Crippen molar-refractivity contribution in [2.24, 2.45) is 0 Å². The SMILES string of the molecule is COC(=O)C1=CN(CC2CCCO2)C=C(C(=O)OC)C1c1ccccc1Br. The van der Waals surface area contributed by atoms with Crippen molar-refractivity contribution in [3.63, 3.8) is 0 Å². The number of nitrogens with zero attached hydrogens (tertiary/aromatic N) is 1. The van der Waals surface area contributed by atoms with E-state index in [1.807, 2.05) is 29.2 Å². The van der Waals surface area contributed by atoms with Crippen molar-refractivity contribution in [3.8, 4) is 0 Å². The Morgan fingerprint density at radius 3 is 2.30 bits per heavy atom. The summed E-state index contributed by atoms with van der Waals surface area (Å²) in [6.07, 6.45) is 5.51. The first-order chi connectivity index (χ1) is 13.0. The largest absolute Gasteiger partial charge is 0.466 e. The summed E-state index contributed by atoms with van der Waals surface area (Å²) < 4.78 is 16.5. The molecule has 1 atom stereocenters. The third-order valence-corrected chi connectivity index (χ3v) is 5.45. The Morgan fingerprint density at radius 1 is 1.15 bits per heavy atom. The summed E-state index contributed by atoms with van der Waals surface area (Å²) in [7, 11) is 2.67. The molecule has 2 heterocycles. The van der Waals surface area contributed by atoms with E-state index in [1.54, 1.807) is 12.4 Å². The van der Waals surface area contributed by atoms with Crippen molar-refractivity contribution in [1.29, 1.82) is 0 Å². The summed E-state index contributed by atoms with van der Waals surface area (Å²) in [5.41, 5.74) is 1.55. The summed E-state index contributed by atoms with van der Waals surface area (Å²) >= 11 is 3.52. The fourth-order valence-electron chi connectivity index (χ4n) is 3.46. The smallest absolute Gasteiger partial charge is 0.336 e. The third-order valence-electron chi connectivity index (χ3n) is 4.73. The van der Waals surface area contributed by atoms with Crippen LogP contribution >= 0.6 is 15.9 Å². The maximum atomic E-state index is 12.6. The van der Waals surface area contributed by atoms with Crippen LogP contribution in [0.3, 0.4) is 0 Å². The fourth-order valence-corrected chi connectivity index (χ4v) is 3.97. The molecule has 2 aliphatic heterocycles. The minimum Gasteiger partial charge on any atom is -0.466 e. The summed E-state index contributed by atoms with van der Waals surface area (Å²) in [4.78, 5) is 26.9. The Bertz CT molecular complexity index is 748. The zero-order chi connectivity index (χ0) is 19.4. The van der Waals surface area contributed by atoms with Crippen LogP contribution in [0.2, 0.25) is 0 Å². The first-order valence-electron chi connectivity index (χ1n) is 8.77. The molecule has 144 valence electrons. The molecule has 1 fully saturated rings. The number of carbonyl (C=O) groups excluding carboxylic acids is 2. The van der Waals surface area contributed by atoms with Crippen LogP contribution in [0, 0.1) is 0 Å². The highest BCUT2D eigenvalue weighted by molar-refractivity contribution is 9.10. The lowest BCUT2D eigenvalue weighted by Crippen LogP contribution is -2.32. The highest BCUT2D eigenvalue weighted by Crippen LogP contribution is 2.40. The lowest BCUT2D eigenvalue weighted by Gasteiger charge is -2.31. The van der Waals surface area contributed by atoms with Crippen molar-refractivity contribution in [2.75, 3.05) is 27.4 Å². The Labute approximate surface area is 166 Å². The van der Waals surface area contributed by atoms with Crippen molar-refractivity contribution in [3.05, 3.63) is 57.8 Å². The molecule has 0 amide bonds. The number of hydrogen-bond donors (Lipinski definition) is 0.